The molecule has 0 aliphatic carbocycles. The maximum Gasteiger partial charge on any atom is 0.255 e. The highest BCUT2D eigenvalue weighted by Crippen LogP contribution is 2.35. The van der Waals surface area contributed by atoms with Crippen LogP contribution in [0, 0.1) is 11.6 Å². The van der Waals surface area contributed by atoms with Crippen LogP contribution in [0.4, 0.5) is 20.2 Å². The molecule has 3 N–H and O–H groups in total. The molecule has 6 nitrogen and oxygen atoms in total. The molecule has 1 aliphatic heterocycles. The zero-order chi connectivity index (χ0) is 24.2. The summed E-state index contributed by atoms with van der Waals surface area (Å²) in [5, 5.41) is 8.81. The van der Waals surface area contributed by atoms with Crippen LogP contribution in [0.15, 0.2) is 54.6 Å². The summed E-state index contributed by atoms with van der Waals surface area (Å²) in [4.78, 5) is 27.5. The number of hydrogen-bond donors (Lipinski definition) is 3. The zero-order valence-corrected chi connectivity index (χ0v) is 19.0. The summed E-state index contributed by atoms with van der Waals surface area (Å²) in [5.74, 6) is -2.68. The van der Waals surface area contributed by atoms with Crippen molar-refractivity contribution in [2.24, 2.45) is 0 Å². The lowest BCUT2D eigenvalue weighted by Crippen LogP contribution is -2.17. The Morgan fingerprint density at radius 2 is 1.79 bits per heavy atom. The summed E-state index contributed by atoms with van der Waals surface area (Å²) >= 11 is 0. The Balaban J connectivity index is 1.52. The minimum atomic E-state index is -0.976. The second kappa shape index (κ2) is 10.0. The van der Waals surface area contributed by atoms with E-state index in [2.05, 4.69) is 20.9 Å². The minimum absolute atomic E-state index is 0.0688. The molecule has 1 aliphatic rings. The number of carbonyl (C=O) groups is 2. The van der Waals surface area contributed by atoms with Crippen molar-refractivity contribution in [3.63, 3.8) is 0 Å². The van der Waals surface area contributed by atoms with Gasteiger partial charge in [-0.2, -0.15) is 0 Å². The molecule has 1 heterocycles. The van der Waals surface area contributed by atoms with Crippen LogP contribution in [0.1, 0.15) is 32.7 Å². The molecule has 0 spiro atoms. The largest absolute Gasteiger partial charge is 0.385 e. The van der Waals surface area contributed by atoms with Crippen molar-refractivity contribution in [1.29, 1.82) is 0 Å². The van der Waals surface area contributed by atoms with Gasteiger partial charge in [0.15, 0.2) is 11.6 Å². The number of hydrogen-bond acceptors (Lipinski definition) is 4. The van der Waals surface area contributed by atoms with Crippen LogP contribution in [0.25, 0.3) is 11.1 Å². The summed E-state index contributed by atoms with van der Waals surface area (Å²) < 4.78 is 28.2. The Bertz CT molecular complexity index is 1230. The van der Waals surface area contributed by atoms with Gasteiger partial charge in [-0.05, 0) is 74.6 Å². The first-order chi connectivity index (χ1) is 16.3. The fourth-order valence-electron chi connectivity index (χ4n) is 3.98. The number of halogens is 2. The SMILES string of the molecule is CN(C)CCCNc1ccc(C(=O)Nc2ccc(-c3cccc(F)c3F)c3c2C(=O)NC3)cc1. The topological polar surface area (TPSA) is 73.5 Å². The van der Waals surface area contributed by atoms with E-state index in [0.717, 1.165) is 31.3 Å². The lowest BCUT2D eigenvalue weighted by molar-refractivity contribution is 0.0966. The molecule has 34 heavy (non-hydrogen) atoms. The van der Waals surface area contributed by atoms with E-state index in [-0.39, 0.29) is 29.5 Å². The van der Waals surface area contributed by atoms with Crippen molar-refractivity contribution in [1.82, 2.24) is 10.2 Å². The fraction of sp³-hybridized carbons (Fsp3) is 0.231. The van der Waals surface area contributed by atoms with E-state index in [9.17, 15) is 18.4 Å². The molecule has 0 saturated carbocycles. The van der Waals surface area contributed by atoms with Gasteiger partial charge >= 0.3 is 0 Å². The molecule has 0 radical (unpaired) electrons. The average Bonchev–Trinajstić information content (AvgIpc) is 3.21. The highest BCUT2D eigenvalue weighted by Gasteiger charge is 2.28. The van der Waals surface area contributed by atoms with E-state index in [0.29, 0.717) is 22.4 Å². The molecule has 0 unspecified atom stereocenters. The lowest BCUT2D eigenvalue weighted by Gasteiger charge is -2.14. The van der Waals surface area contributed by atoms with Crippen LogP contribution in [0.3, 0.4) is 0 Å². The maximum atomic E-state index is 14.4. The molecule has 0 bridgehead atoms. The van der Waals surface area contributed by atoms with E-state index >= 15 is 0 Å². The number of rotatable bonds is 8. The van der Waals surface area contributed by atoms with E-state index in [1.807, 2.05) is 26.2 Å². The molecule has 0 saturated heterocycles. The highest BCUT2D eigenvalue weighted by atomic mass is 19.2. The van der Waals surface area contributed by atoms with Crippen molar-refractivity contribution in [2.75, 3.05) is 37.8 Å². The van der Waals surface area contributed by atoms with Gasteiger partial charge in [-0.3, -0.25) is 9.59 Å². The van der Waals surface area contributed by atoms with Crippen LogP contribution >= 0.6 is 0 Å². The molecule has 0 aromatic heterocycles. The first-order valence-electron chi connectivity index (χ1n) is 11.0. The Morgan fingerprint density at radius 1 is 1.03 bits per heavy atom. The molecular weight excluding hydrogens is 438 g/mol. The number of carbonyl (C=O) groups excluding carboxylic acids is 2. The number of benzene rings is 3. The summed E-state index contributed by atoms with van der Waals surface area (Å²) in [5.41, 5.74) is 2.93. The first kappa shape index (κ1) is 23.4. The first-order valence-corrected chi connectivity index (χ1v) is 11.0. The van der Waals surface area contributed by atoms with Gasteiger partial charge in [0, 0.05) is 29.9 Å². The van der Waals surface area contributed by atoms with Gasteiger partial charge in [0.2, 0.25) is 0 Å². The van der Waals surface area contributed by atoms with Crippen LogP contribution < -0.4 is 16.0 Å². The molecule has 3 aromatic carbocycles. The number of anilines is 2. The van der Waals surface area contributed by atoms with Crippen LogP contribution in [0.2, 0.25) is 0 Å². The third-order valence-electron chi connectivity index (χ3n) is 5.71. The van der Waals surface area contributed by atoms with Gasteiger partial charge in [0.05, 0.1) is 11.3 Å². The summed E-state index contributed by atoms with van der Waals surface area (Å²) in [6.07, 6.45) is 0.998. The average molecular weight is 465 g/mol. The molecule has 3 aromatic rings. The second-order valence-electron chi connectivity index (χ2n) is 8.41. The van der Waals surface area contributed by atoms with Crippen molar-refractivity contribution in [2.45, 2.75) is 13.0 Å². The van der Waals surface area contributed by atoms with Crippen molar-refractivity contribution < 1.29 is 18.4 Å². The van der Waals surface area contributed by atoms with Crippen molar-refractivity contribution in [3.05, 3.63) is 82.9 Å². The van der Waals surface area contributed by atoms with Gasteiger partial charge in [-0.15, -0.1) is 0 Å². The Morgan fingerprint density at radius 3 is 2.53 bits per heavy atom. The molecule has 8 heteroatoms. The number of fused-ring (bicyclic) bond motifs is 1. The third kappa shape index (κ3) is 4.92. The number of nitrogens with one attached hydrogen (secondary N) is 3. The van der Waals surface area contributed by atoms with Gasteiger partial charge in [-0.1, -0.05) is 18.2 Å². The Kier molecular flexibility index (Phi) is 6.88. The quantitative estimate of drug-likeness (QED) is 0.430. The van der Waals surface area contributed by atoms with Crippen LogP contribution in [0.5, 0.6) is 0 Å². The minimum Gasteiger partial charge on any atom is -0.385 e. The number of nitrogens with zero attached hydrogens (tertiary/aromatic N) is 1. The van der Waals surface area contributed by atoms with Gasteiger partial charge in [0.1, 0.15) is 0 Å². The summed E-state index contributed by atoms with van der Waals surface area (Å²) in [7, 11) is 4.06. The molecule has 0 fully saturated rings. The second-order valence-corrected chi connectivity index (χ2v) is 8.41. The molecular formula is C26H26F2N4O2. The van der Waals surface area contributed by atoms with E-state index in [1.54, 1.807) is 24.3 Å². The smallest absolute Gasteiger partial charge is 0.255 e. The van der Waals surface area contributed by atoms with E-state index < -0.39 is 11.6 Å². The lowest BCUT2D eigenvalue weighted by atomic mass is 9.95. The summed E-state index contributed by atoms with van der Waals surface area (Å²) in [6, 6.07) is 14.1. The highest BCUT2D eigenvalue weighted by molar-refractivity contribution is 6.11. The zero-order valence-electron chi connectivity index (χ0n) is 19.0. The Labute approximate surface area is 197 Å². The summed E-state index contributed by atoms with van der Waals surface area (Å²) in [6.45, 7) is 1.97. The fourth-order valence-corrected chi connectivity index (χ4v) is 3.98. The van der Waals surface area contributed by atoms with Crippen molar-refractivity contribution >= 4 is 23.2 Å². The van der Waals surface area contributed by atoms with Crippen molar-refractivity contribution in [3.8, 4) is 11.1 Å². The van der Waals surface area contributed by atoms with Crippen LogP contribution in [-0.2, 0) is 6.54 Å². The molecule has 2 amide bonds. The van der Waals surface area contributed by atoms with Crippen LogP contribution in [-0.4, -0.2) is 43.9 Å². The molecule has 0 atom stereocenters. The predicted octanol–water partition coefficient (Wildman–Crippen LogP) is 4.49. The standard InChI is InChI=1S/C26H26F2N4O2/c1-32(2)14-4-13-29-17-9-7-16(8-10-17)25(33)31-22-12-11-18(20-15-30-26(34)23(20)22)19-5-3-6-21(27)24(19)28/h3,5-12,29H,4,13-15H2,1-2H3,(H,30,34)(H,31,33). The van der Waals surface area contributed by atoms with Gasteiger partial charge < -0.3 is 20.9 Å². The molecule has 176 valence electrons. The molecule has 4 rings (SSSR count). The van der Waals surface area contributed by atoms with E-state index in [1.165, 1.54) is 12.1 Å². The maximum absolute atomic E-state index is 14.4. The normalized spacial score (nSPS) is 12.4. The van der Waals surface area contributed by atoms with E-state index in [4.69, 9.17) is 0 Å². The van der Waals surface area contributed by atoms with Gasteiger partial charge in [0.25, 0.3) is 11.8 Å². The predicted molar refractivity (Wildman–Crippen MR) is 129 cm³/mol. The third-order valence-corrected chi connectivity index (χ3v) is 5.71. The Hall–Kier alpha value is -3.78. The van der Waals surface area contributed by atoms with Gasteiger partial charge in [-0.25, -0.2) is 8.78 Å². The number of amides is 2. The monoisotopic (exact) mass is 464 g/mol.